The topological polar surface area (TPSA) is 0 Å². The molecule has 1 atom stereocenters. The highest BCUT2D eigenvalue weighted by molar-refractivity contribution is 5.33. The number of hydrogen-bond acceptors (Lipinski definition) is 0. The van der Waals surface area contributed by atoms with Crippen molar-refractivity contribution in [3.05, 3.63) is 35.4 Å². The molecule has 0 aliphatic heterocycles. The zero-order valence-electron chi connectivity index (χ0n) is 12.6. The van der Waals surface area contributed by atoms with Crippen LogP contribution >= 0.6 is 0 Å². The molecule has 1 aromatic carbocycles. The largest absolute Gasteiger partial charge is 0.119 e. The van der Waals surface area contributed by atoms with Crippen LogP contribution in [0.4, 0.5) is 0 Å². The third-order valence-corrected chi connectivity index (χ3v) is 4.38. The van der Waals surface area contributed by atoms with Crippen molar-refractivity contribution in [2.24, 2.45) is 5.41 Å². The molecule has 1 unspecified atom stereocenters. The van der Waals surface area contributed by atoms with E-state index in [2.05, 4.69) is 51.0 Å². The van der Waals surface area contributed by atoms with Crippen molar-refractivity contribution in [3.63, 3.8) is 0 Å². The van der Waals surface area contributed by atoms with Gasteiger partial charge in [-0.2, -0.15) is 0 Å². The summed E-state index contributed by atoms with van der Waals surface area (Å²) in [4.78, 5) is 0. The number of rotatable bonds is 2. The number of hydrogen-bond donors (Lipinski definition) is 0. The van der Waals surface area contributed by atoms with Crippen LogP contribution in [0.15, 0.2) is 24.3 Å². The molecule has 0 heterocycles. The molecule has 0 spiro atoms. The van der Waals surface area contributed by atoms with Gasteiger partial charge in [-0.05, 0) is 35.3 Å². The molecular weight excluding hydrogens is 228 g/mol. The maximum atomic E-state index is 5.72. The van der Waals surface area contributed by atoms with Gasteiger partial charge in [0.25, 0.3) is 0 Å². The van der Waals surface area contributed by atoms with Crippen molar-refractivity contribution in [2.45, 2.75) is 64.7 Å². The van der Waals surface area contributed by atoms with Gasteiger partial charge in [-0.1, -0.05) is 70.2 Å². The first-order chi connectivity index (χ1) is 9.02. The fraction of sp³-hybridized carbons (Fsp3) is 0.579. The Morgan fingerprint density at radius 3 is 2.11 bits per heavy atom. The van der Waals surface area contributed by atoms with Crippen molar-refractivity contribution in [1.82, 2.24) is 0 Å². The minimum atomic E-state index is 0.126. The van der Waals surface area contributed by atoms with Gasteiger partial charge >= 0.3 is 0 Å². The molecule has 0 heteroatoms. The quantitative estimate of drug-likeness (QED) is 0.611. The Hall–Kier alpha value is -1.22. The van der Waals surface area contributed by atoms with Crippen LogP contribution in [-0.2, 0) is 0 Å². The minimum absolute atomic E-state index is 0.126. The molecule has 1 aliphatic rings. The van der Waals surface area contributed by atoms with Gasteiger partial charge in [-0.15, -0.1) is 6.42 Å². The van der Waals surface area contributed by atoms with Gasteiger partial charge in [0, 0.05) is 5.92 Å². The van der Waals surface area contributed by atoms with Gasteiger partial charge in [0.2, 0.25) is 0 Å². The Morgan fingerprint density at radius 2 is 1.63 bits per heavy atom. The fourth-order valence-corrected chi connectivity index (χ4v) is 3.24. The monoisotopic (exact) mass is 254 g/mol. The Kier molecular flexibility index (Phi) is 4.35. The summed E-state index contributed by atoms with van der Waals surface area (Å²) < 4.78 is 0. The smallest absolute Gasteiger partial charge is 0.0497 e. The average molecular weight is 254 g/mol. The van der Waals surface area contributed by atoms with Gasteiger partial charge in [0.05, 0.1) is 0 Å². The number of terminal acetylenes is 1. The van der Waals surface area contributed by atoms with Crippen LogP contribution in [0.1, 0.15) is 75.8 Å². The molecule has 2 rings (SSSR count). The van der Waals surface area contributed by atoms with E-state index < -0.39 is 0 Å². The zero-order valence-corrected chi connectivity index (χ0v) is 12.6. The Labute approximate surface area is 118 Å². The molecule has 0 radical (unpaired) electrons. The van der Waals surface area contributed by atoms with Crippen LogP contribution in [-0.4, -0.2) is 0 Å². The van der Waals surface area contributed by atoms with E-state index in [1.807, 2.05) is 0 Å². The lowest BCUT2D eigenvalue weighted by molar-refractivity contribution is 0.375. The van der Waals surface area contributed by atoms with E-state index in [0.29, 0.717) is 0 Å². The fourth-order valence-electron chi connectivity index (χ4n) is 3.24. The summed E-state index contributed by atoms with van der Waals surface area (Å²) in [5, 5.41) is 0. The Balaban J connectivity index is 2.16. The summed E-state index contributed by atoms with van der Waals surface area (Å²) in [6.07, 6.45) is 12.6. The van der Waals surface area contributed by atoms with Crippen molar-refractivity contribution < 1.29 is 0 Å². The highest BCUT2D eigenvalue weighted by Gasteiger charge is 2.24. The standard InChI is InChI=1S/C19H26/c1-5-18(19(2,3)4)17-13-11-16(12-14-17)15-9-7-6-8-10-15/h1,11-15,18H,6-10H2,2-4H3. The van der Waals surface area contributed by atoms with Crippen molar-refractivity contribution in [3.8, 4) is 12.3 Å². The second-order valence-corrected chi connectivity index (χ2v) is 6.97. The van der Waals surface area contributed by atoms with Crippen LogP contribution in [0.2, 0.25) is 0 Å². The lowest BCUT2D eigenvalue weighted by Gasteiger charge is -2.27. The highest BCUT2D eigenvalue weighted by atomic mass is 14.3. The molecule has 102 valence electrons. The highest BCUT2D eigenvalue weighted by Crippen LogP contribution is 2.36. The normalized spacial score (nSPS) is 18.8. The maximum Gasteiger partial charge on any atom is 0.0497 e. The third-order valence-electron chi connectivity index (χ3n) is 4.38. The van der Waals surface area contributed by atoms with Gasteiger partial charge in [0.15, 0.2) is 0 Å². The predicted molar refractivity (Wildman–Crippen MR) is 83.3 cm³/mol. The van der Waals surface area contributed by atoms with Crippen LogP contribution in [0.25, 0.3) is 0 Å². The molecule has 0 aromatic heterocycles. The van der Waals surface area contributed by atoms with E-state index in [1.165, 1.54) is 43.2 Å². The summed E-state index contributed by atoms with van der Waals surface area (Å²) in [6, 6.07) is 9.11. The summed E-state index contributed by atoms with van der Waals surface area (Å²) in [6.45, 7) is 6.64. The molecule has 0 nitrogen and oxygen atoms in total. The minimum Gasteiger partial charge on any atom is -0.119 e. The van der Waals surface area contributed by atoms with E-state index in [1.54, 1.807) is 0 Å². The molecule has 1 fully saturated rings. The van der Waals surface area contributed by atoms with Gasteiger partial charge in [-0.3, -0.25) is 0 Å². The van der Waals surface area contributed by atoms with Crippen LogP contribution < -0.4 is 0 Å². The molecule has 0 bridgehead atoms. The molecule has 1 aliphatic carbocycles. The average Bonchev–Trinajstić information content (AvgIpc) is 2.40. The van der Waals surface area contributed by atoms with Crippen molar-refractivity contribution in [1.29, 1.82) is 0 Å². The van der Waals surface area contributed by atoms with Crippen LogP contribution in [0, 0.1) is 17.8 Å². The zero-order chi connectivity index (χ0) is 13.9. The first kappa shape index (κ1) is 14.2. The first-order valence-corrected chi connectivity index (χ1v) is 7.58. The van der Waals surface area contributed by atoms with Crippen LogP contribution in [0.5, 0.6) is 0 Å². The van der Waals surface area contributed by atoms with E-state index in [9.17, 15) is 0 Å². The maximum absolute atomic E-state index is 5.72. The molecule has 0 N–H and O–H groups in total. The lowest BCUT2D eigenvalue weighted by atomic mass is 9.76. The summed E-state index contributed by atoms with van der Waals surface area (Å²) >= 11 is 0. The van der Waals surface area contributed by atoms with E-state index >= 15 is 0 Å². The molecule has 1 aromatic rings. The second kappa shape index (κ2) is 5.83. The second-order valence-electron chi connectivity index (χ2n) is 6.97. The van der Waals surface area contributed by atoms with E-state index in [4.69, 9.17) is 6.42 Å². The first-order valence-electron chi connectivity index (χ1n) is 7.58. The summed E-state index contributed by atoms with van der Waals surface area (Å²) in [7, 11) is 0. The van der Waals surface area contributed by atoms with Gasteiger partial charge < -0.3 is 0 Å². The van der Waals surface area contributed by atoms with Gasteiger partial charge in [0.1, 0.15) is 0 Å². The SMILES string of the molecule is C#CC(c1ccc(C2CCCCC2)cc1)C(C)(C)C. The molecule has 0 amide bonds. The molecule has 1 saturated carbocycles. The Morgan fingerprint density at radius 1 is 1.05 bits per heavy atom. The van der Waals surface area contributed by atoms with Crippen LogP contribution in [0.3, 0.4) is 0 Å². The van der Waals surface area contributed by atoms with E-state index in [-0.39, 0.29) is 11.3 Å². The molecular formula is C19H26. The molecule has 0 saturated heterocycles. The summed E-state index contributed by atoms with van der Waals surface area (Å²) in [5.41, 5.74) is 2.92. The Bertz CT molecular complexity index is 432. The lowest BCUT2D eigenvalue weighted by Crippen LogP contribution is -2.16. The van der Waals surface area contributed by atoms with Crippen molar-refractivity contribution in [2.75, 3.05) is 0 Å². The summed E-state index contributed by atoms with van der Waals surface area (Å²) in [5.74, 6) is 3.94. The van der Waals surface area contributed by atoms with Crippen molar-refractivity contribution >= 4 is 0 Å². The predicted octanol–water partition coefficient (Wildman–Crippen LogP) is 5.50. The molecule has 19 heavy (non-hydrogen) atoms. The number of benzene rings is 1. The third kappa shape index (κ3) is 3.41. The van der Waals surface area contributed by atoms with Gasteiger partial charge in [-0.25, -0.2) is 0 Å². The van der Waals surface area contributed by atoms with E-state index in [0.717, 1.165) is 5.92 Å².